The van der Waals surface area contributed by atoms with Gasteiger partial charge in [-0.05, 0) is 25.8 Å². The van der Waals surface area contributed by atoms with Crippen LogP contribution in [0, 0.1) is 0 Å². The molecule has 1 aromatic carbocycles. The Labute approximate surface area is 113 Å². The highest BCUT2D eigenvalue weighted by Crippen LogP contribution is 2.23. The predicted octanol–water partition coefficient (Wildman–Crippen LogP) is 2.59. The Morgan fingerprint density at radius 1 is 1.33 bits per heavy atom. The fraction of sp³-hybridized carbons (Fsp3) is 0.500. The Kier molecular flexibility index (Phi) is 6.16. The van der Waals surface area contributed by atoms with Gasteiger partial charge in [0, 0.05) is 19.2 Å². The first-order chi connectivity index (χ1) is 8.57. The third-order valence-corrected chi connectivity index (χ3v) is 3.21. The quantitative estimate of drug-likeness (QED) is 0.807. The number of alkyl halides is 1. The molecule has 0 heterocycles. The first-order valence-corrected chi connectivity index (χ1v) is 6.62. The predicted molar refractivity (Wildman–Crippen MR) is 73.6 cm³/mol. The van der Waals surface area contributed by atoms with E-state index in [9.17, 15) is 4.79 Å². The van der Waals surface area contributed by atoms with Crippen LogP contribution < -0.4 is 0 Å². The summed E-state index contributed by atoms with van der Waals surface area (Å²) in [5.74, 6) is -0.105. The van der Waals surface area contributed by atoms with Crippen LogP contribution in [0.3, 0.4) is 0 Å². The number of carbonyl (C=O) groups is 1. The molecule has 1 aromatic rings. The molecule has 1 atom stereocenters. The number of carbonyl (C=O) groups excluding carboxylic acids is 1. The summed E-state index contributed by atoms with van der Waals surface area (Å²) in [7, 11) is 0. The molecule has 0 aliphatic rings. The zero-order valence-electron chi connectivity index (χ0n) is 10.8. The second-order valence-electron chi connectivity index (χ2n) is 4.48. The summed E-state index contributed by atoms with van der Waals surface area (Å²) in [4.78, 5) is 14.0. The zero-order chi connectivity index (χ0) is 13.5. The van der Waals surface area contributed by atoms with Crippen molar-refractivity contribution in [1.82, 2.24) is 4.90 Å². The molecule has 1 amide bonds. The van der Waals surface area contributed by atoms with Gasteiger partial charge >= 0.3 is 0 Å². The van der Waals surface area contributed by atoms with E-state index in [0.717, 1.165) is 5.56 Å². The van der Waals surface area contributed by atoms with E-state index in [2.05, 4.69) is 0 Å². The molecule has 3 nitrogen and oxygen atoms in total. The van der Waals surface area contributed by atoms with Crippen LogP contribution in [0.5, 0.6) is 0 Å². The summed E-state index contributed by atoms with van der Waals surface area (Å²) in [6, 6.07) is 9.40. The highest BCUT2D eigenvalue weighted by Gasteiger charge is 2.25. The number of rotatable bonds is 6. The molecule has 0 saturated carbocycles. The number of aliphatic hydroxyl groups excluding tert-OH is 1. The lowest BCUT2D eigenvalue weighted by atomic mass is 10.1. The molecular formula is C14H20ClNO2. The monoisotopic (exact) mass is 269 g/mol. The minimum atomic E-state index is -0.660. The maximum Gasteiger partial charge on any atom is 0.245 e. The number of hydrogen-bond acceptors (Lipinski definition) is 2. The minimum Gasteiger partial charge on any atom is -0.396 e. The van der Waals surface area contributed by atoms with E-state index in [1.54, 1.807) is 4.90 Å². The van der Waals surface area contributed by atoms with Crippen LogP contribution in [0.25, 0.3) is 0 Å². The summed E-state index contributed by atoms with van der Waals surface area (Å²) >= 11 is 6.22. The number of benzene rings is 1. The van der Waals surface area contributed by atoms with Crippen molar-refractivity contribution in [2.45, 2.75) is 31.7 Å². The Bertz CT molecular complexity index is 367. The highest BCUT2D eigenvalue weighted by atomic mass is 35.5. The summed E-state index contributed by atoms with van der Waals surface area (Å²) in [5, 5.41) is 8.20. The number of aliphatic hydroxyl groups is 1. The third kappa shape index (κ3) is 4.00. The molecule has 4 heteroatoms. The van der Waals surface area contributed by atoms with Gasteiger partial charge in [-0.1, -0.05) is 30.3 Å². The van der Waals surface area contributed by atoms with Crippen molar-refractivity contribution in [2.24, 2.45) is 0 Å². The van der Waals surface area contributed by atoms with Crippen molar-refractivity contribution in [2.75, 3.05) is 13.2 Å². The Hall–Kier alpha value is -1.06. The largest absolute Gasteiger partial charge is 0.396 e. The van der Waals surface area contributed by atoms with Crippen molar-refractivity contribution >= 4 is 17.5 Å². The molecule has 1 rings (SSSR count). The van der Waals surface area contributed by atoms with Gasteiger partial charge in [0.1, 0.15) is 5.38 Å². The Balaban J connectivity index is 2.76. The van der Waals surface area contributed by atoms with Gasteiger partial charge in [-0.3, -0.25) is 4.79 Å². The molecule has 0 aromatic heterocycles. The lowest BCUT2D eigenvalue weighted by Gasteiger charge is -2.28. The number of nitrogens with zero attached hydrogens (tertiary/aromatic N) is 1. The summed E-state index contributed by atoms with van der Waals surface area (Å²) < 4.78 is 0. The van der Waals surface area contributed by atoms with Gasteiger partial charge in [-0.25, -0.2) is 0 Å². The molecule has 0 aliphatic heterocycles. The lowest BCUT2D eigenvalue weighted by molar-refractivity contribution is -0.132. The highest BCUT2D eigenvalue weighted by molar-refractivity contribution is 6.30. The lowest BCUT2D eigenvalue weighted by Crippen LogP contribution is -2.39. The van der Waals surface area contributed by atoms with Crippen LogP contribution >= 0.6 is 11.6 Å². The van der Waals surface area contributed by atoms with Gasteiger partial charge in [0.15, 0.2) is 0 Å². The van der Waals surface area contributed by atoms with Crippen molar-refractivity contribution < 1.29 is 9.90 Å². The maximum atomic E-state index is 12.3. The Morgan fingerprint density at radius 2 is 1.94 bits per heavy atom. The first kappa shape index (κ1) is 15.0. The van der Waals surface area contributed by atoms with Crippen LogP contribution in [0.4, 0.5) is 0 Å². The average molecular weight is 270 g/mol. The number of hydrogen-bond donors (Lipinski definition) is 1. The Morgan fingerprint density at radius 3 is 2.44 bits per heavy atom. The first-order valence-electron chi connectivity index (χ1n) is 6.18. The van der Waals surface area contributed by atoms with Crippen LogP contribution in [-0.2, 0) is 4.79 Å². The summed E-state index contributed by atoms with van der Waals surface area (Å²) in [5.41, 5.74) is 0.804. The fourth-order valence-corrected chi connectivity index (χ4v) is 2.04. The molecular weight excluding hydrogens is 250 g/mol. The molecule has 0 bridgehead atoms. The van der Waals surface area contributed by atoms with Crippen LogP contribution in [0.15, 0.2) is 30.3 Å². The van der Waals surface area contributed by atoms with E-state index >= 15 is 0 Å². The summed E-state index contributed by atoms with van der Waals surface area (Å²) in [6.07, 6.45) is 0.572. The molecule has 1 unspecified atom stereocenters. The van der Waals surface area contributed by atoms with Crippen LogP contribution in [0.1, 0.15) is 31.2 Å². The van der Waals surface area contributed by atoms with Crippen molar-refractivity contribution in [3.63, 3.8) is 0 Å². The second kappa shape index (κ2) is 7.39. The second-order valence-corrected chi connectivity index (χ2v) is 4.91. The molecule has 0 fully saturated rings. The van der Waals surface area contributed by atoms with Gasteiger partial charge in [-0.2, -0.15) is 0 Å². The maximum absolute atomic E-state index is 12.3. The normalized spacial score (nSPS) is 12.5. The van der Waals surface area contributed by atoms with Crippen LogP contribution in [0.2, 0.25) is 0 Å². The van der Waals surface area contributed by atoms with E-state index in [1.165, 1.54) is 0 Å². The van der Waals surface area contributed by atoms with E-state index < -0.39 is 5.38 Å². The van der Waals surface area contributed by atoms with Gasteiger partial charge in [-0.15, -0.1) is 11.6 Å². The fourth-order valence-electron chi connectivity index (χ4n) is 1.77. The molecule has 18 heavy (non-hydrogen) atoms. The molecule has 0 spiro atoms. The molecule has 100 valence electrons. The number of halogens is 1. The minimum absolute atomic E-state index is 0.0778. The van der Waals surface area contributed by atoms with E-state index in [4.69, 9.17) is 16.7 Å². The average Bonchev–Trinajstić information content (AvgIpc) is 2.38. The van der Waals surface area contributed by atoms with Crippen molar-refractivity contribution in [3.8, 4) is 0 Å². The molecule has 0 saturated heterocycles. The van der Waals surface area contributed by atoms with Gasteiger partial charge in [0.2, 0.25) is 5.91 Å². The zero-order valence-corrected chi connectivity index (χ0v) is 11.6. The van der Waals surface area contributed by atoms with E-state index in [1.807, 2.05) is 44.2 Å². The van der Waals surface area contributed by atoms with Gasteiger partial charge < -0.3 is 10.0 Å². The molecule has 0 radical (unpaired) electrons. The summed E-state index contributed by atoms with van der Waals surface area (Å²) in [6.45, 7) is 4.51. The van der Waals surface area contributed by atoms with Crippen LogP contribution in [-0.4, -0.2) is 35.1 Å². The standard InChI is InChI=1S/C14H20ClNO2/c1-11(2)16(9-6-10-17)14(18)13(15)12-7-4-3-5-8-12/h3-5,7-8,11,13,17H,6,9-10H2,1-2H3. The van der Waals surface area contributed by atoms with E-state index in [-0.39, 0.29) is 18.6 Å². The van der Waals surface area contributed by atoms with Gasteiger partial charge in [0.25, 0.3) is 0 Å². The van der Waals surface area contributed by atoms with E-state index in [0.29, 0.717) is 13.0 Å². The molecule has 1 N–H and O–H groups in total. The van der Waals surface area contributed by atoms with Gasteiger partial charge in [0.05, 0.1) is 0 Å². The SMILES string of the molecule is CC(C)N(CCCO)C(=O)C(Cl)c1ccccc1. The molecule has 0 aliphatic carbocycles. The van der Waals surface area contributed by atoms with Crippen molar-refractivity contribution in [1.29, 1.82) is 0 Å². The van der Waals surface area contributed by atoms with Crippen molar-refractivity contribution in [3.05, 3.63) is 35.9 Å². The topological polar surface area (TPSA) is 40.5 Å². The smallest absolute Gasteiger partial charge is 0.245 e. The number of amides is 1. The third-order valence-electron chi connectivity index (χ3n) is 2.77.